The quantitative estimate of drug-likeness (QED) is 0.873. The number of hydrogen-bond acceptors (Lipinski definition) is 3. The van der Waals surface area contributed by atoms with Gasteiger partial charge < -0.3 is 15.5 Å². The molecule has 0 spiro atoms. The Kier molecular flexibility index (Phi) is 7.14. The number of rotatable bonds is 4. The average molecular weight is 381 g/mol. The number of anilines is 1. The minimum atomic E-state index is -0.371. The minimum absolute atomic E-state index is 0. The monoisotopic (exact) mass is 379 g/mol. The Labute approximate surface area is 152 Å². The van der Waals surface area contributed by atoms with Crippen LogP contribution in [0, 0.1) is 5.92 Å². The Balaban J connectivity index is 0.00000264. The highest BCUT2D eigenvalue weighted by atomic mass is 35.5. The van der Waals surface area contributed by atoms with Crippen LogP contribution in [0.5, 0.6) is 0 Å². The first kappa shape index (κ1) is 20.0. The predicted molar refractivity (Wildman–Crippen MR) is 95.5 cm³/mol. The lowest BCUT2D eigenvalue weighted by Gasteiger charge is -2.26. The third kappa shape index (κ3) is 4.51. The second-order valence-electron chi connectivity index (χ2n) is 5.57. The molecule has 128 valence electrons. The molecule has 1 aliphatic heterocycles. The highest BCUT2D eigenvalue weighted by molar-refractivity contribution is 6.35. The fraction of sp³-hybridized carbons (Fsp3) is 0.467. The van der Waals surface area contributed by atoms with Gasteiger partial charge in [-0.25, -0.2) is 0 Å². The smallest absolute Gasteiger partial charge is 0.228 e. The van der Waals surface area contributed by atoms with Gasteiger partial charge in [-0.05, 0) is 25.1 Å². The van der Waals surface area contributed by atoms with Crippen molar-refractivity contribution in [3.05, 3.63) is 28.2 Å². The van der Waals surface area contributed by atoms with E-state index in [-0.39, 0.29) is 42.6 Å². The van der Waals surface area contributed by atoms with Crippen molar-refractivity contribution in [1.29, 1.82) is 0 Å². The van der Waals surface area contributed by atoms with Gasteiger partial charge in [0.1, 0.15) is 0 Å². The summed E-state index contributed by atoms with van der Waals surface area (Å²) < 4.78 is 0. The van der Waals surface area contributed by atoms with Crippen molar-refractivity contribution in [3.63, 3.8) is 0 Å². The molecular weight excluding hydrogens is 361 g/mol. The molecule has 5 nitrogen and oxygen atoms in total. The van der Waals surface area contributed by atoms with Crippen molar-refractivity contribution < 1.29 is 9.59 Å². The van der Waals surface area contributed by atoms with E-state index in [2.05, 4.69) is 0 Å². The van der Waals surface area contributed by atoms with Crippen LogP contribution in [0.25, 0.3) is 0 Å². The van der Waals surface area contributed by atoms with Crippen molar-refractivity contribution >= 4 is 53.1 Å². The second-order valence-corrected chi connectivity index (χ2v) is 6.44. The molecule has 2 N–H and O–H groups in total. The normalized spacial score (nSPS) is 18.6. The summed E-state index contributed by atoms with van der Waals surface area (Å²) in [6.07, 6.45) is 0.185. The lowest BCUT2D eigenvalue weighted by Crippen LogP contribution is -2.43. The van der Waals surface area contributed by atoms with Crippen molar-refractivity contribution in [2.24, 2.45) is 11.7 Å². The van der Waals surface area contributed by atoms with Gasteiger partial charge in [0.2, 0.25) is 11.8 Å². The number of nitrogens with zero attached hydrogens (tertiary/aromatic N) is 2. The summed E-state index contributed by atoms with van der Waals surface area (Å²) >= 11 is 11.9. The van der Waals surface area contributed by atoms with E-state index in [4.69, 9.17) is 28.9 Å². The fourth-order valence-electron chi connectivity index (χ4n) is 2.48. The van der Waals surface area contributed by atoms with Gasteiger partial charge >= 0.3 is 0 Å². The van der Waals surface area contributed by atoms with Gasteiger partial charge in [-0.15, -0.1) is 12.4 Å². The van der Waals surface area contributed by atoms with Crippen LogP contribution in [-0.4, -0.2) is 42.9 Å². The topological polar surface area (TPSA) is 66.6 Å². The third-order valence-corrected chi connectivity index (χ3v) is 4.42. The van der Waals surface area contributed by atoms with Crippen molar-refractivity contribution in [3.8, 4) is 0 Å². The van der Waals surface area contributed by atoms with E-state index in [0.29, 0.717) is 28.8 Å². The van der Waals surface area contributed by atoms with Crippen LogP contribution in [0.2, 0.25) is 10.0 Å². The first-order valence-corrected chi connectivity index (χ1v) is 7.82. The maximum Gasteiger partial charge on any atom is 0.228 e. The number of likely N-dealkylation sites (N-methyl/N-ethyl adjacent to an activating group) is 1. The van der Waals surface area contributed by atoms with E-state index in [1.54, 1.807) is 35.0 Å². The molecule has 2 rings (SSSR count). The Morgan fingerprint density at radius 2 is 1.96 bits per heavy atom. The van der Waals surface area contributed by atoms with Gasteiger partial charge in [0, 0.05) is 48.3 Å². The summed E-state index contributed by atoms with van der Waals surface area (Å²) in [7, 11) is 1.71. The van der Waals surface area contributed by atoms with Gasteiger partial charge in [-0.2, -0.15) is 0 Å². The van der Waals surface area contributed by atoms with E-state index < -0.39 is 0 Å². The summed E-state index contributed by atoms with van der Waals surface area (Å²) in [5.41, 5.74) is 6.21. The molecule has 23 heavy (non-hydrogen) atoms. The molecule has 1 aliphatic rings. The van der Waals surface area contributed by atoms with Crippen LogP contribution in [0.3, 0.4) is 0 Å². The van der Waals surface area contributed by atoms with Crippen LogP contribution in [0.15, 0.2) is 18.2 Å². The zero-order valence-corrected chi connectivity index (χ0v) is 15.3. The first-order chi connectivity index (χ1) is 10.3. The van der Waals surface area contributed by atoms with Gasteiger partial charge in [-0.1, -0.05) is 23.2 Å². The Morgan fingerprint density at radius 1 is 1.39 bits per heavy atom. The molecule has 8 heteroatoms. The Hall–Kier alpha value is -1.01. The molecule has 0 aromatic heterocycles. The lowest BCUT2D eigenvalue weighted by molar-refractivity contribution is -0.136. The molecule has 0 radical (unpaired) electrons. The lowest BCUT2D eigenvalue weighted by atomic mass is 10.1. The van der Waals surface area contributed by atoms with Gasteiger partial charge in [0.15, 0.2) is 0 Å². The summed E-state index contributed by atoms with van der Waals surface area (Å²) in [5.74, 6) is -0.545. The zero-order valence-electron chi connectivity index (χ0n) is 13.0. The van der Waals surface area contributed by atoms with E-state index >= 15 is 0 Å². The standard InChI is InChI=1S/C15H19Cl2N3O2.ClH/c1-9(7-18)19(2)15(22)10-3-14(21)20(8-10)13-5-11(16)4-12(17)6-13;/h4-6,9-10H,3,7-8,18H2,1-2H3;1H. The van der Waals surface area contributed by atoms with Crippen molar-refractivity contribution in [2.45, 2.75) is 19.4 Å². The number of carbonyl (C=O) groups is 2. The highest BCUT2D eigenvalue weighted by Crippen LogP contribution is 2.30. The summed E-state index contributed by atoms with van der Waals surface area (Å²) in [6.45, 7) is 2.59. The second kappa shape index (κ2) is 8.20. The molecule has 2 unspecified atom stereocenters. The third-order valence-electron chi connectivity index (χ3n) is 3.98. The van der Waals surface area contributed by atoms with E-state index in [1.807, 2.05) is 6.92 Å². The predicted octanol–water partition coefficient (Wildman–Crippen LogP) is 2.57. The summed E-state index contributed by atoms with van der Waals surface area (Å²) in [4.78, 5) is 27.8. The average Bonchev–Trinajstić information content (AvgIpc) is 2.85. The van der Waals surface area contributed by atoms with Crippen LogP contribution in [-0.2, 0) is 9.59 Å². The zero-order chi connectivity index (χ0) is 16.4. The maximum atomic E-state index is 12.4. The fourth-order valence-corrected chi connectivity index (χ4v) is 3.00. The van der Waals surface area contributed by atoms with Crippen LogP contribution < -0.4 is 10.6 Å². The molecule has 1 saturated heterocycles. The number of nitrogens with two attached hydrogens (primary N) is 1. The number of carbonyl (C=O) groups excluding carboxylic acids is 2. The van der Waals surface area contributed by atoms with E-state index in [9.17, 15) is 9.59 Å². The van der Waals surface area contributed by atoms with E-state index in [1.165, 1.54) is 0 Å². The van der Waals surface area contributed by atoms with Crippen molar-refractivity contribution in [2.75, 3.05) is 25.0 Å². The van der Waals surface area contributed by atoms with Crippen LogP contribution in [0.1, 0.15) is 13.3 Å². The summed E-state index contributed by atoms with van der Waals surface area (Å²) in [5, 5.41) is 0.915. The molecule has 2 atom stereocenters. The molecule has 1 fully saturated rings. The maximum absolute atomic E-state index is 12.4. The molecular formula is C15H20Cl3N3O2. The molecule has 1 aromatic carbocycles. The van der Waals surface area contributed by atoms with Crippen LogP contribution in [0.4, 0.5) is 5.69 Å². The molecule has 0 bridgehead atoms. The molecule has 2 amide bonds. The first-order valence-electron chi connectivity index (χ1n) is 7.06. The molecule has 0 saturated carbocycles. The molecule has 1 aromatic rings. The minimum Gasteiger partial charge on any atom is -0.341 e. The largest absolute Gasteiger partial charge is 0.341 e. The Morgan fingerprint density at radius 3 is 2.48 bits per heavy atom. The number of benzene rings is 1. The van der Waals surface area contributed by atoms with E-state index in [0.717, 1.165) is 0 Å². The van der Waals surface area contributed by atoms with Crippen molar-refractivity contribution in [1.82, 2.24) is 4.90 Å². The SMILES string of the molecule is CC(CN)N(C)C(=O)C1CC(=O)N(c2cc(Cl)cc(Cl)c2)C1.Cl. The van der Waals surface area contributed by atoms with Gasteiger partial charge in [0.25, 0.3) is 0 Å². The summed E-state index contributed by atoms with van der Waals surface area (Å²) in [6, 6.07) is 4.89. The Bertz CT molecular complexity index is 577. The van der Waals surface area contributed by atoms with Gasteiger partial charge in [-0.3, -0.25) is 9.59 Å². The number of amides is 2. The van der Waals surface area contributed by atoms with Gasteiger partial charge in [0.05, 0.1) is 5.92 Å². The highest BCUT2D eigenvalue weighted by Gasteiger charge is 2.37. The number of halogens is 3. The molecule has 0 aliphatic carbocycles. The number of hydrogen-bond donors (Lipinski definition) is 1. The van der Waals surface area contributed by atoms with Crippen LogP contribution >= 0.6 is 35.6 Å². The molecule has 1 heterocycles.